The lowest BCUT2D eigenvalue weighted by atomic mass is 9.79. The van der Waals surface area contributed by atoms with Gasteiger partial charge in [0.05, 0.1) is 0 Å². The fourth-order valence-electron chi connectivity index (χ4n) is 2.80. The van der Waals surface area contributed by atoms with Crippen molar-refractivity contribution in [3.05, 3.63) is 33.8 Å². The van der Waals surface area contributed by atoms with Crippen LogP contribution in [0.5, 0.6) is 0 Å². The van der Waals surface area contributed by atoms with Crippen LogP contribution in [-0.2, 0) is 6.42 Å². The van der Waals surface area contributed by atoms with Crippen LogP contribution in [0.4, 0.5) is 0 Å². The molecule has 19 heavy (non-hydrogen) atoms. The van der Waals surface area contributed by atoms with Gasteiger partial charge < -0.3 is 5.32 Å². The normalized spacial score (nSPS) is 18.3. The van der Waals surface area contributed by atoms with Crippen LogP contribution in [0.25, 0.3) is 0 Å². The van der Waals surface area contributed by atoms with Gasteiger partial charge in [-0.3, -0.25) is 0 Å². The van der Waals surface area contributed by atoms with E-state index in [1.807, 2.05) is 18.2 Å². The Hall–Kier alpha value is -0.240. The second-order valence-electron chi connectivity index (χ2n) is 6.02. The average Bonchev–Trinajstić information content (AvgIpc) is 3.19. The molecule has 0 radical (unpaired) electrons. The zero-order valence-electron chi connectivity index (χ0n) is 11.8. The van der Waals surface area contributed by atoms with E-state index >= 15 is 0 Å². The van der Waals surface area contributed by atoms with Crippen LogP contribution in [0.3, 0.4) is 0 Å². The van der Waals surface area contributed by atoms with Crippen LogP contribution in [0.2, 0.25) is 10.0 Å². The van der Waals surface area contributed by atoms with Gasteiger partial charge in [0, 0.05) is 16.6 Å². The Morgan fingerprint density at radius 2 is 2.05 bits per heavy atom. The van der Waals surface area contributed by atoms with Crippen molar-refractivity contribution in [3.63, 3.8) is 0 Å². The number of benzene rings is 1. The lowest BCUT2D eigenvalue weighted by Gasteiger charge is -2.31. The molecule has 0 aliphatic heterocycles. The molecule has 1 N–H and O–H groups in total. The van der Waals surface area contributed by atoms with Crippen LogP contribution in [0, 0.1) is 11.3 Å². The molecule has 0 aromatic heterocycles. The fourth-order valence-corrected chi connectivity index (χ4v) is 3.18. The maximum atomic E-state index is 6.31. The van der Waals surface area contributed by atoms with Crippen molar-refractivity contribution >= 4 is 23.2 Å². The van der Waals surface area contributed by atoms with Crippen molar-refractivity contribution in [2.24, 2.45) is 11.3 Å². The maximum absolute atomic E-state index is 6.31. The molecule has 1 aromatic rings. The van der Waals surface area contributed by atoms with Gasteiger partial charge in [0.25, 0.3) is 0 Å². The van der Waals surface area contributed by atoms with E-state index in [0.29, 0.717) is 5.41 Å². The summed E-state index contributed by atoms with van der Waals surface area (Å²) in [7, 11) is 0. The van der Waals surface area contributed by atoms with E-state index in [4.69, 9.17) is 23.2 Å². The van der Waals surface area contributed by atoms with Gasteiger partial charge in [-0.15, -0.1) is 0 Å². The first-order valence-electron chi connectivity index (χ1n) is 7.20. The molecule has 1 aliphatic rings. The van der Waals surface area contributed by atoms with Crippen LogP contribution >= 0.6 is 23.2 Å². The molecule has 1 aromatic carbocycles. The summed E-state index contributed by atoms with van der Waals surface area (Å²) in [6.45, 7) is 6.74. The van der Waals surface area contributed by atoms with E-state index in [0.717, 1.165) is 35.5 Å². The molecule has 1 aliphatic carbocycles. The molecule has 0 bridgehead atoms. The minimum absolute atomic E-state index is 0.295. The molecule has 0 amide bonds. The Balaban J connectivity index is 2.09. The minimum atomic E-state index is 0.295. The predicted octanol–water partition coefficient (Wildman–Crippen LogP) is 4.95. The quantitative estimate of drug-likeness (QED) is 0.702. The van der Waals surface area contributed by atoms with Gasteiger partial charge in [-0.1, -0.05) is 37.0 Å². The van der Waals surface area contributed by atoms with E-state index in [1.165, 1.54) is 24.8 Å². The Morgan fingerprint density at radius 1 is 1.32 bits per heavy atom. The number of halogens is 2. The molecule has 1 nitrogen and oxygen atoms in total. The number of hydrogen-bond donors (Lipinski definition) is 1. The Kier molecular flexibility index (Phi) is 5.16. The van der Waals surface area contributed by atoms with Gasteiger partial charge in [-0.05, 0) is 67.3 Å². The summed E-state index contributed by atoms with van der Waals surface area (Å²) in [6, 6.07) is 5.79. The van der Waals surface area contributed by atoms with Crippen molar-refractivity contribution in [1.29, 1.82) is 0 Å². The molecular formula is C16H23Cl2N. The summed E-state index contributed by atoms with van der Waals surface area (Å²) >= 11 is 12.4. The third kappa shape index (κ3) is 4.11. The van der Waals surface area contributed by atoms with Crippen molar-refractivity contribution in [3.8, 4) is 0 Å². The van der Waals surface area contributed by atoms with Crippen LogP contribution in [0.1, 0.15) is 38.7 Å². The molecule has 0 heterocycles. The number of hydrogen-bond acceptors (Lipinski definition) is 1. The van der Waals surface area contributed by atoms with E-state index in [9.17, 15) is 0 Å². The smallest absolute Gasteiger partial charge is 0.0439 e. The first-order valence-corrected chi connectivity index (χ1v) is 7.95. The van der Waals surface area contributed by atoms with E-state index in [2.05, 4.69) is 19.2 Å². The first-order chi connectivity index (χ1) is 9.05. The molecule has 0 spiro atoms. The summed E-state index contributed by atoms with van der Waals surface area (Å²) in [4.78, 5) is 0. The largest absolute Gasteiger partial charge is 0.316 e. The molecule has 1 fully saturated rings. The summed E-state index contributed by atoms with van der Waals surface area (Å²) in [5.74, 6) is 0.826. The zero-order chi connectivity index (χ0) is 13.9. The van der Waals surface area contributed by atoms with E-state index in [-0.39, 0.29) is 0 Å². The molecule has 3 heteroatoms. The third-order valence-corrected chi connectivity index (χ3v) is 4.72. The lowest BCUT2D eigenvalue weighted by molar-refractivity contribution is 0.256. The van der Waals surface area contributed by atoms with Crippen LogP contribution in [0.15, 0.2) is 18.2 Å². The highest BCUT2D eigenvalue weighted by Crippen LogP contribution is 2.47. The Bertz CT molecular complexity index is 429. The van der Waals surface area contributed by atoms with Gasteiger partial charge >= 0.3 is 0 Å². The van der Waals surface area contributed by atoms with Gasteiger partial charge in [0.2, 0.25) is 0 Å². The van der Waals surface area contributed by atoms with E-state index in [1.54, 1.807) is 0 Å². The van der Waals surface area contributed by atoms with Crippen LogP contribution < -0.4 is 5.32 Å². The summed E-state index contributed by atoms with van der Waals surface area (Å²) in [5, 5.41) is 5.19. The predicted molar refractivity (Wildman–Crippen MR) is 84.2 cm³/mol. The van der Waals surface area contributed by atoms with Gasteiger partial charge in [0.15, 0.2) is 0 Å². The molecule has 1 atom stereocenters. The summed E-state index contributed by atoms with van der Waals surface area (Å²) in [6.07, 6.45) is 4.89. The molecule has 1 saturated carbocycles. The topological polar surface area (TPSA) is 12.0 Å². The molecule has 0 saturated heterocycles. The van der Waals surface area contributed by atoms with Gasteiger partial charge in [-0.2, -0.15) is 0 Å². The second kappa shape index (κ2) is 6.47. The molecule has 1 unspecified atom stereocenters. The van der Waals surface area contributed by atoms with Crippen molar-refractivity contribution in [1.82, 2.24) is 5.32 Å². The summed E-state index contributed by atoms with van der Waals surface area (Å²) < 4.78 is 0. The highest BCUT2D eigenvalue weighted by Gasteiger charge is 2.41. The zero-order valence-corrected chi connectivity index (χ0v) is 13.3. The highest BCUT2D eigenvalue weighted by atomic mass is 35.5. The minimum Gasteiger partial charge on any atom is -0.316 e. The Labute approximate surface area is 126 Å². The third-order valence-electron chi connectivity index (χ3n) is 4.12. The highest BCUT2D eigenvalue weighted by molar-refractivity contribution is 6.33. The molecule has 2 rings (SSSR count). The SMILES string of the molecule is CCCNCC(C)(Cc1cc(Cl)ccc1Cl)C1CC1. The van der Waals surface area contributed by atoms with Gasteiger partial charge in [-0.25, -0.2) is 0 Å². The fraction of sp³-hybridized carbons (Fsp3) is 0.625. The van der Waals surface area contributed by atoms with Gasteiger partial charge in [0.1, 0.15) is 0 Å². The van der Waals surface area contributed by atoms with E-state index < -0.39 is 0 Å². The number of rotatable bonds is 7. The number of nitrogens with one attached hydrogen (secondary N) is 1. The lowest BCUT2D eigenvalue weighted by Crippen LogP contribution is -2.36. The van der Waals surface area contributed by atoms with Crippen molar-refractivity contribution in [2.45, 2.75) is 39.5 Å². The monoisotopic (exact) mass is 299 g/mol. The maximum Gasteiger partial charge on any atom is 0.0439 e. The molecule has 106 valence electrons. The second-order valence-corrected chi connectivity index (χ2v) is 6.86. The first kappa shape index (κ1) is 15.2. The standard InChI is InChI=1S/C16H23Cl2N/c1-3-8-19-11-16(2,13-4-5-13)10-12-9-14(17)6-7-15(12)18/h6-7,9,13,19H,3-5,8,10-11H2,1-2H3. The van der Waals surface area contributed by atoms with Crippen LogP contribution in [-0.4, -0.2) is 13.1 Å². The molecular weight excluding hydrogens is 277 g/mol. The van der Waals surface area contributed by atoms with Crippen molar-refractivity contribution in [2.75, 3.05) is 13.1 Å². The average molecular weight is 300 g/mol. The van der Waals surface area contributed by atoms with Crippen molar-refractivity contribution < 1.29 is 0 Å². The Morgan fingerprint density at radius 3 is 2.68 bits per heavy atom. The summed E-state index contributed by atoms with van der Waals surface area (Å²) in [5.41, 5.74) is 1.48.